The summed E-state index contributed by atoms with van der Waals surface area (Å²) in [5, 5.41) is 0.923. The molecule has 1 aromatic carbocycles. The number of halogens is 2. The largest absolute Gasteiger partial charge is 0.320 e. The lowest BCUT2D eigenvalue weighted by Crippen LogP contribution is -1.94. The normalized spacial score (nSPS) is 9.95. The van der Waals surface area contributed by atoms with Crippen molar-refractivity contribution in [2.45, 2.75) is 10.8 Å². The maximum absolute atomic E-state index is 13.5. The topological polar surface area (TPSA) is 38.9 Å². The van der Waals surface area contributed by atoms with Crippen molar-refractivity contribution in [3.63, 3.8) is 0 Å². The Balaban J connectivity index is 2.08. The molecule has 0 fully saturated rings. The van der Waals surface area contributed by atoms with Crippen LogP contribution in [0.3, 0.4) is 0 Å². The van der Waals surface area contributed by atoms with Gasteiger partial charge in [-0.15, -0.1) is 11.8 Å². The van der Waals surface area contributed by atoms with Gasteiger partial charge in [0.25, 0.3) is 0 Å². The highest BCUT2D eigenvalue weighted by Crippen LogP contribution is 2.23. The van der Waals surface area contributed by atoms with Gasteiger partial charge in [0.05, 0.1) is 17.1 Å². The van der Waals surface area contributed by atoms with Crippen molar-refractivity contribution in [2.75, 3.05) is 6.54 Å². The summed E-state index contributed by atoms with van der Waals surface area (Å²) in [6.07, 6.45) is 1.76. The van der Waals surface area contributed by atoms with Gasteiger partial charge in [-0.05, 0) is 45.8 Å². The van der Waals surface area contributed by atoms with E-state index in [0.29, 0.717) is 11.3 Å². The monoisotopic (exact) mass is 350 g/mol. The number of hydrogen-bond acceptors (Lipinski definition) is 3. The number of aromatic nitrogens is 1. The molecule has 1 heterocycles. The maximum Gasteiger partial charge on any atom is 0.138 e. The fourth-order valence-electron chi connectivity index (χ4n) is 1.51. The van der Waals surface area contributed by atoms with Gasteiger partial charge in [-0.1, -0.05) is 17.9 Å². The molecule has 1 aromatic heterocycles. The molecule has 0 aliphatic heterocycles. The Morgan fingerprint density at radius 1 is 1.30 bits per heavy atom. The van der Waals surface area contributed by atoms with Crippen molar-refractivity contribution in [3.05, 3.63) is 57.9 Å². The van der Waals surface area contributed by atoms with Gasteiger partial charge in [0, 0.05) is 16.4 Å². The summed E-state index contributed by atoms with van der Waals surface area (Å²) in [5.74, 6) is 5.80. The molecule has 2 nitrogen and oxygen atoms in total. The summed E-state index contributed by atoms with van der Waals surface area (Å²) in [6, 6.07) is 8.83. The lowest BCUT2D eigenvalue weighted by atomic mass is 10.1. The zero-order chi connectivity index (χ0) is 14.4. The van der Waals surface area contributed by atoms with E-state index in [0.717, 1.165) is 15.1 Å². The first kappa shape index (κ1) is 15.0. The van der Waals surface area contributed by atoms with Gasteiger partial charge in [-0.2, -0.15) is 0 Å². The van der Waals surface area contributed by atoms with Crippen LogP contribution in [0.2, 0.25) is 0 Å². The van der Waals surface area contributed by atoms with E-state index in [1.54, 1.807) is 30.1 Å². The van der Waals surface area contributed by atoms with E-state index in [9.17, 15) is 4.39 Å². The number of nitrogens with two attached hydrogens (primary N) is 1. The molecule has 0 saturated carbocycles. The molecule has 0 atom stereocenters. The van der Waals surface area contributed by atoms with Crippen LogP contribution in [0.15, 0.2) is 46.0 Å². The summed E-state index contributed by atoms with van der Waals surface area (Å²) >= 11 is 4.94. The van der Waals surface area contributed by atoms with E-state index < -0.39 is 0 Å². The van der Waals surface area contributed by atoms with Gasteiger partial charge < -0.3 is 5.73 Å². The minimum atomic E-state index is -0.318. The fourth-order valence-corrected chi connectivity index (χ4v) is 2.53. The van der Waals surface area contributed by atoms with E-state index >= 15 is 0 Å². The molecule has 0 saturated heterocycles. The molecule has 0 aliphatic rings. The van der Waals surface area contributed by atoms with Crippen molar-refractivity contribution >= 4 is 27.7 Å². The Morgan fingerprint density at radius 3 is 2.85 bits per heavy atom. The molecule has 0 bridgehead atoms. The number of rotatable bonds is 3. The number of hydrogen-bond donors (Lipinski definition) is 1. The van der Waals surface area contributed by atoms with Crippen LogP contribution in [-0.4, -0.2) is 11.5 Å². The molecule has 102 valence electrons. The van der Waals surface area contributed by atoms with Crippen LogP contribution in [0.1, 0.15) is 11.1 Å². The minimum absolute atomic E-state index is 0.223. The molecule has 0 spiro atoms. The number of benzene rings is 1. The van der Waals surface area contributed by atoms with Crippen molar-refractivity contribution in [3.8, 4) is 11.8 Å². The predicted molar refractivity (Wildman–Crippen MR) is 83.8 cm³/mol. The Morgan fingerprint density at radius 2 is 2.15 bits per heavy atom. The van der Waals surface area contributed by atoms with Crippen molar-refractivity contribution in [1.29, 1.82) is 0 Å². The molecule has 2 N–H and O–H groups in total. The highest BCUT2D eigenvalue weighted by atomic mass is 79.9. The average molecular weight is 351 g/mol. The van der Waals surface area contributed by atoms with E-state index in [2.05, 4.69) is 32.8 Å². The molecular weight excluding hydrogens is 339 g/mol. The summed E-state index contributed by atoms with van der Waals surface area (Å²) in [5.41, 5.74) is 6.69. The van der Waals surface area contributed by atoms with Crippen LogP contribution in [0.5, 0.6) is 0 Å². The van der Waals surface area contributed by atoms with Crippen LogP contribution < -0.4 is 5.73 Å². The summed E-state index contributed by atoms with van der Waals surface area (Å²) in [4.78, 5) is 4.28. The van der Waals surface area contributed by atoms with Crippen molar-refractivity contribution in [2.24, 2.45) is 5.73 Å². The first-order valence-corrected chi connectivity index (χ1v) is 7.68. The van der Waals surface area contributed by atoms with E-state index in [4.69, 9.17) is 5.73 Å². The second kappa shape index (κ2) is 7.44. The lowest BCUT2D eigenvalue weighted by molar-refractivity contribution is 0.624. The number of nitrogens with zero attached hydrogens (tertiary/aromatic N) is 1. The minimum Gasteiger partial charge on any atom is -0.320 e. The summed E-state index contributed by atoms with van der Waals surface area (Å²) in [6.45, 7) is 0.223. The smallest absolute Gasteiger partial charge is 0.138 e. The zero-order valence-electron chi connectivity index (χ0n) is 10.6. The van der Waals surface area contributed by atoms with Gasteiger partial charge in [0.15, 0.2) is 0 Å². The highest BCUT2D eigenvalue weighted by molar-refractivity contribution is 9.10. The van der Waals surface area contributed by atoms with Gasteiger partial charge in [0.2, 0.25) is 0 Å². The van der Waals surface area contributed by atoms with Crippen LogP contribution >= 0.6 is 27.7 Å². The Kier molecular flexibility index (Phi) is 5.60. The Bertz CT molecular complexity index is 647. The Hall–Kier alpha value is -1.35. The summed E-state index contributed by atoms with van der Waals surface area (Å²) in [7, 11) is 0. The van der Waals surface area contributed by atoms with Gasteiger partial charge >= 0.3 is 0 Å². The van der Waals surface area contributed by atoms with E-state index in [1.165, 1.54) is 6.07 Å². The molecule has 0 aliphatic carbocycles. The van der Waals surface area contributed by atoms with Crippen molar-refractivity contribution < 1.29 is 4.39 Å². The maximum atomic E-state index is 13.5. The number of pyridine rings is 1. The molecule has 2 aromatic rings. The standard InChI is InChI=1S/C15H12BrFN2S/c16-13-4-6-15(19-9-13)20-10-11-3-5-14(17)12(8-11)2-1-7-18/h3-6,8-9H,7,10,18H2. The Labute approximate surface area is 130 Å². The highest BCUT2D eigenvalue weighted by Gasteiger charge is 2.03. The first-order chi connectivity index (χ1) is 9.69. The SMILES string of the molecule is NCC#Cc1cc(CSc2ccc(Br)cn2)ccc1F. The first-order valence-electron chi connectivity index (χ1n) is 5.91. The van der Waals surface area contributed by atoms with E-state index in [1.807, 2.05) is 12.1 Å². The molecule has 0 amide bonds. The third-order valence-electron chi connectivity index (χ3n) is 2.44. The van der Waals surface area contributed by atoms with Gasteiger partial charge in [-0.25, -0.2) is 9.37 Å². The van der Waals surface area contributed by atoms with Crippen LogP contribution in [0.4, 0.5) is 4.39 Å². The second-order valence-corrected chi connectivity index (χ2v) is 5.83. The summed E-state index contributed by atoms with van der Waals surface area (Å²) < 4.78 is 14.5. The average Bonchev–Trinajstić information content (AvgIpc) is 2.46. The third-order valence-corrected chi connectivity index (χ3v) is 3.93. The fraction of sp³-hybridized carbons (Fsp3) is 0.133. The van der Waals surface area contributed by atoms with Crippen molar-refractivity contribution in [1.82, 2.24) is 4.98 Å². The quantitative estimate of drug-likeness (QED) is 0.679. The molecule has 2 rings (SSSR count). The molecule has 0 radical (unpaired) electrons. The molecule has 5 heteroatoms. The van der Waals surface area contributed by atoms with Gasteiger partial charge in [-0.3, -0.25) is 0 Å². The predicted octanol–water partition coefficient (Wildman–Crippen LogP) is 3.59. The third kappa shape index (κ3) is 4.34. The molecular formula is C15H12BrFN2S. The molecule has 0 unspecified atom stereocenters. The molecule has 20 heavy (non-hydrogen) atoms. The second-order valence-electron chi connectivity index (χ2n) is 3.92. The van der Waals surface area contributed by atoms with Crippen LogP contribution in [0.25, 0.3) is 0 Å². The lowest BCUT2D eigenvalue weighted by Gasteiger charge is -2.03. The van der Waals surface area contributed by atoms with Gasteiger partial charge in [0.1, 0.15) is 5.82 Å². The van der Waals surface area contributed by atoms with Crippen LogP contribution in [0, 0.1) is 17.7 Å². The number of thioether (sulfide) groups is 1. The zero-order valence-corrected chi connectivity index (χ0v) is 13.0. The van der Waals surface area contributed by atoms with Crippen LogP contribution in [-0.2, 0) is 5.75 Å². The van der Waals surface area contributed by atoms with E-state index in [-0.39, 0.29) is 12.4 Å².